The van der Waals surface area contributed by atoms with E-state index in [0.29, 0.717) is 0 Å². The van der Waals surface area contributed by atoms with E-state index in [-0.39, 0.29) is 30.4 Å². The molecule has 2 atom stereocenters. The molecular weight excluding hydrogens is 228 g/mol. The molecule has 4 heteroatoms. The molecule has 0 aromatic carbocycles. The Bertz CT molecular complexity index is 386. The lowest BCUT2D eigenvalue weighted by Crippen LogP contribution is -2.63. The topological polar surface area (TPSA) is 40.6 Å². The van der Waals surface area contributed by atoms with Gasteiger partial charge in [0.05, 0.1) is 6.04 Å². The summed E-state index contributed by atoms with van der Waals surface area (Å²) in [7, 11) is 0. The second kappa shape index (κ2) is 5.43. The Morgan fingerprint density at radius 3 is 2.89 bits per heavy atom. The van der Waals surface area contributed by atoms with E-state index in [0.717, 1.165) is 38.6 Å². The van der Waals surface area contributed by atoms with E-state index in [1.54, 1.807) is 9.80 Å². The third kappa shape index (κ3) is 2.22. The van der Waals surface area contributed by atoms with Crippen molar-refractivity contribution in [1.29, 1.82) is 0 Å². The molecule has 0 saturated carbocycles. The molecule has 98 valence electrons. The van der Waals surface area contributed by atoms with Crippen LogP contribution >= 0.6 is 0 Å². The maximum absolute atomic E-state index is 12.4. The number of carbonyl (C=O) groups excluding carboxylic acids is 2. The first kappa shape index (κ1) is 12.9. The molecule has 0 radical (unpaired) electrons. The molecule has 2 heterocycles. The molecule has 2 rings (SSSR count). The van der Waals surface area contributed by atoms with E-state index in [9.17, 15) is 9.59 Å². The second-order valence-electron chi connectivity index (χ2n) is 5.04. The van der Waals surface area contributed by atoms with Crippen molar-refractivity contribution in [3.8, 4) is 12.3 Å². The van der Waals surface area contributed by atoms with Crippen LogP contribution in [-0.4, -0.2) is 46.8 Å². The van der Waals surface area contributed by atoms with Crippen LogP contribution in [0.4, 0.5) is 0 Å². The zero-order valence-corrected chi connectivity index (χ0v) is 10.9. The fraction of sp³-hybridized carbons (Fsp3) is 0.714. The summed E-state index contributed by atoms with van der Waals surface area (Å²) in [6, 6.07) is -0.483. The van der Waals surface area contributed by atoms with Crippen molar-refractivity contribution >= 4 is 11.8 Å². The van der Waals surface area contributed by atoms with Crippen molar-refractivity contribution in [3.05, 3.63) is 0 Å². The molecule has 2 amide bonds. The summed E-state index contributed by atoms with van der Waals surface area (Å²) >= 11 is 0. The Morgan fingerprint density at radius 1 is 1.44 bits per heavy atom. The Hall–Kier alpha value is -1.50. The third-order valence-corrected chi connectivity index (χ3v) is 3.83. The van der Waals surface area contributed by atoms with Gasteiger partial charge in [-0.25, -0.2) is 0 Å². The molecule has 2 aliphatic rings. The van der Waals surface area contributed by atoms with Crippen LogP contribution in [0.15, 0.2) is 0 Å². The molecular formula is C14H20N2O2. The lowest BCUT2D eigenvalue weighted by molar-refractivity contribution is -0.159. The molecule has 2 unspecified atom stereocenters. The first-order valence-corrected chi connectivity index (χ1v) is 6.75. The van der Waals surface area contributed by atoms with Gasteiger partial charge in [0, 0.05) is 6.54 Å². The number of carbonyl (C=O) groups is 2. The highest BCUT2D eigenvalue weighted by atomic mass is 16.2. The first-order valence-electron chi connectivity index (χ1n) is 6.75. The highest BCUT2D eigenvalue weighted by molar-refractivity contribution is 5.95. The number of nitrogens with zero attached hydrogens (tertiary/aromatic N) is 2. The molecule has 0 aliphatic carbocycles. The third-order valence-electron chi connectivity index (χ3n) is 3.83. The van der Waals surface area contributed by atoms with E-state index >= 15 is 0 Å². The largest absolute Gasteiger partial charge is 0.329 e. The molecule has 2 aliphatic heterocycles. The average Bonchev–Trinajstić information content (AvgIpc) is 2.40. The van der Waals surface area contributed by atoms with E-state index in [1.807, 2.05) is 6.92 Å². The van der Waals surface area contributed by atoms with Gasteiger partial charge in [-0.3, -0.25) is 9.59 Å². The highest BCUT2D eigenvalue weighted by Gasteiger charge is 2.42. The quantitative estimate of drug-likeness (QED) is 0.699. The molecule has 2 fully saturated rings. The number of amides is 2. The van der Waals surface area contributed by atoms with Crippen molar-refractivity contribution in [2.75, 3.05) is 13.1 Å². The molecule has 0 N–H and O–H groups in total. The number of piperidine rings is 1. The summed E-state index contributed by atoms with van der Waals surface area (Å²) in [5, 5.41) is 0. The van der Waals surface area contributed by atoms with Gasteiger partial charge in [-0.05, 0) is 25.7 Å². The van der Waals surface area contributed by atoms with Crippen LogP contribution in [-0.2, 0) is 9.59 Å². The average molecular weight is 248 g/mol. The number of hydrogen-bond acceptors (Lipinski definition) is 2. The first-order chi connectivity index (χ1) is 8.69. The van der Waals surface area contributed by atoms with Crippen molar-refractivity contribution in [1.82, 2.24) is 9.80 Å². The smallest absolute Gasteiger partial charge is 0.246 e. The van der Waals surface area contributed by atoms with Crippen molar-refractivity contribution < 1.29 is 9.59 Å². The van der Waals surface area contributed by atoms with Crippen LogP contribution in [0, 0.1) is 12.3 Å². The minimum absolute atomic E-state index is 0.0469. The predicted octanol–water partition coefficient (Wildman–Crippen LogP) is 1.01. The van der Waals surface area contributed by atoms with Crippen LogP contribution in [0.25, 0.3) is 0 Å². The Morgan fingerprint density at radius 2 is 2.22 bits per heavy atom. The molecule has 4 nitrogen and oxygen atoms in total. The summed E-state index contributed by atoms with van der Waals surface area (Å²) in [6.45, 7) is 2.91. The summed E-state index contributed by atoms with van der Waals surface area (Å²) in [6.07, 6.45) is 9.98. The highest BCUT2D eigenvalue weighted by Crippen LogP contribution is 2.25. The maximum atomic E-state index is 12.4. The molecule has 2 saturated heterocycles. The van der Waals surface area contributed by atoms with Crippen molar-refractivity contribution in [2.45, 2.75) is 51.1 Å². The minimum atomic E-state index is -0.257. The fourth-order valence-corrected chi connectivity index (χ4v) is 2.86. The van der Waals surface area contributed by atoms with Crippen LogP contribution < -0.4 is 0 Å². The summed E-state index contributed by atoms with van der Waals surface area (Å²) in [4.78, 5) is 27.8. The van der Waals surface area contributed by atoms with E-state index in [4.69, 9.17) is 6.42 Å². The van der Waals surface area contributed by atoms with Gasteiger partial charge in [0.15, 0.2) is 0 Å². The number of hydrogen-bond donors (Lipinski definition) is 0. The number of terminal acetylenes is 1. The normalized spacial score (nSPS) is 25.7. The molecule has 0 bridgehead atoms. The summed E-state index contributed by atoms with van der Waals surface area (Å²) in [5.74, 6) is 2.75. The molecule has 0 aromatic heterocycles. The molecule has 0 spiro atoms. The maximum Gasteiger partial charge on any atom is 0.246 e. The van der Waals surface area contributed by atoms with Crippen LogP contribution in [0.1, 0.15) is 39.0 Å². The standard InChI is InChI=1S/C14H20N2O2/c1-3-7-11(4-2)16-10-13(17)15-9-6-5-8-12(15)14(16)18/h2,11-12H,3,5-10H2,1H3. The monoisotopic (exact) mass is 248 g/mol. The Labute approximate surface area is 108 Å². The van der Waals surface area contributed by atoms with Crippen molar-refractivity contribution in [3.63, 3.8) is 0 Å². The fourth-order valence-electron chi connectivity index (χ4n) is 2.86. The van der Waals surface area contributed by atoms with Gasteiger partial charge in [0.25, 0.3) is 0 Å². The van der Waals surface area contributed by atoms with Gasteiger partial charge >= 0.3 is 0 Å². The van der Waals surface area contributed by atoms with Crippen LogP contribution in [0.5, 0.6) is 0 Å². The second-order valence-corrected chi connectivity index (χ2v) is 5.04. The molecule has 0 aromatic rings. The van der Waals surface area contributed by atoms with Gasteiger partial charge in [0.1, 0.15) is 12.6 Å². The van der Waals surface area contributed by atoms with Gasteiger partial charge in [-0.2, -0.15) is 0 Å². The van der Waals surface area contributed by atoms with E-state index < -0.39 is 0 Å². The SMILES string of the molecule is C#CC(CCC)N1CC(=O)N2CCCCC2C1=O. The zero-order chi connectivity index (χ0) is 13.1. The van der Waals surface area contributed by atoms with E-state index in [1.165, 1.54) is 0 Å². The minimum Gasteiger partial charge on any atom is -0.329 e. The van der Waals surface area contributed by atoms with Crippen molar-refractivity contribution in [2.24, 2.45) is 0 Å². The Balaban J connectivity index is 2.16. The number of rotatable bonds is 3. The lowest BCUT2D eigenvalue weighted by atomic mass is 9.96. The predicted molar refractivity (Wildman–Crippen MR) is 68.6 cm³/mol. The zero-order valence-electron chi connectivity index (χ0n) is 10.9. The summed E-state index contributed by atoms with van der Waals surface area (Å²) < 4.78 is 0. The molecule has 18 heavy (non-hydrogen) atoms. The van der Waals surface area contributed by atoms with Crippen LogP contribution in [0.3, 0.4) is 0 Å². The Kier molecular flexibility index (Phi) is 3.90. The van der Waals surface area contributed by atoms with Crippen LogP contribution in [0.2, 0.25) is 0 Å². The number of fused-ring (bicyclic) bond motifs is 1. The lowest BCUT2D eigenvalue weighted by Gasteiger charge is -2.44. The van der Waals surface area contributed by atoms with E-state index in [2.05, 4.69) is 5.92 Å². The van der Waals surface area contributed by atoms with Gasteiger partial charge in [-0.15, -0.1) is 6.42 Å². The number of piperazine rings is 1. The van der Waals surface area contributed by atoms with Gasteiger partial charge < -0.3 is 9.80 Å². The van der Waals surface area contributed by atoms with Gasteiger partial charge in [0.2, 0.25) is 11.8 Å². The van der Waals surface area contributed by atoms with Gasteiger partial charge in [-0.1, -0.05) is 19.3 Å². The summed E-state index contributed by atoms with van der Waals surface area (Å²) in [5.41, 5.74) is 0.